The second-order valence-electron chi connectivity index (χ2n) is 5.08. The SMILES string of the molecule is C[C@@H](COC(=O)NC(C)(C)C)Oc1cncc(Cl)n1. The Labute approximate surface area is 117 Å². The summed E-state index contributed by atoms with van der Waals surface area (Å²) in [5.41, 5.74) is -0.334. The van der Waals surface area contributed by atoms with Gasteiger partial charge in [0.25, 0.3) is 0 Å². The number of hydrogen-bond acceptors (Lipinski definition) is 5. The third-order valence-electron chi connectivity index (χ3n) is 1.83. The second-order valence-corrected chi connectivity index (χ2v) is 5.47. The Morgan fingerprint density at radius 3 is 2.74 bits per heavy atom. The molecule has 0 radical (unpaired) electrons. The predicted octanol–water partition coefficient (Wildman–Crippen LogP) is 2.42. The van der Waals surface area contributed by atoms with Crippen molar-refractivity contribution in [3.8, 4) is 5.88 Å². The lowest BCUT2D eigenvalue weighted by molar-refractivity contribution is 0.0834. The molecule has 0 fully saturated rings. The first-order chi connectivity index (χ1) is 8.76. The first-order valence-corrected chi connectivity index (χ1v) is 6.23. The summed E-state index contributed by atoms with van der Waals surface area (Å²) in [7, 11) is 0. The second kappa shape index (κ2) is 6.56. The highest BCUT2D eigenvalue weighted by atomic mass is 35.5. The van der Waals surface area contributed by atoms with Crippen molar-refractivity contribution in [2.24, 2.45) is 0 Å². The summed E-state index contributed by atoms with van der Waals surface area (Å²) in [6.45, 7) is 7.48. The zero-order valence-corrected chi connectivity index (χ0v) is 12.2. The Balaban J connectivity index is 2.36. The van der Waals surface area contributed by atoms with Crippen LogP contribution in [0, 0.1) is 0 Å². The van der Waals surface area contributed by atoms with E-state index < -0.39 is 6.09 Å². The Hall–Kier alpha value is -1.56. The molecular weight excluding hydrogens is 270 g/mol. The maximum atomic E-state index is 11.4. The predicted molar refractivity (Wildman–Crippen MR) is 71.4 cm³/mol. The highest BCUT2D eigenvalue weighted by Gasteiger charge is 2.16. The highest BCUT2D eigenvalue weighted by molar-refractivity contribution is 6.29. The normalized spacial score (nSPS) is 12.7. The number of aromatic nitrogens is 2. The van der Waals surface area contributed by atoms with Gasteiger partial charge >= 0.3 is 6.09 Å². The molecule has 0 aliphatic heterocycles. The number of amides is 1. The van der Waals surface area contributed by atoms with Crippen molar-refractivity contribution < 1.29 is 14.3 Å². The number of alkyl carbamates (subject to hydrolysis) is 1. The summed E-state index contributed by atoms with van der Waals surface area (Å²) in [5.74, 6) is 0.292. The van der Waals surface area contributed by atoms with Gasteiger partial charge in [-0.3, -0.25) is 4.98 Å². The Morgan fingerprint density at radius 1 is 1.47 bits per heavy atom. The van der Waals surface area contributed by atoms with Crippen molar-refractivity contribution in [3.63, 3.8) is 0 Å². The molecule has 7 heteroatoms. The monoisotopic (exact) mass is 287 g/mol. The van der Waals surface area contributed by atoms with Gasteiger partial charge in [0.1, 0.15) is 12.7 Å². The van der Waals surface area contributed by atoms with Crippen LogP contribution in [0.4, 0.5) is 4.79 Å². The van der Waals surface area contributed by atoms with E-state index in [2.05, 4.69) is 15.3 Å². The number of carbonyl (C=O) groups excluding carboxylic acids is 1. The Morgan fingerprint density at radius 2 is 2.16 bits per heavy atom. The third kappa shape index (κ3) is 6.81. The minimum absolute atomic E-state index is 0.107. The number of nitrogens with one attached hydrogen (secondary N) is 1. The van der Waals surface area contributed by atoms with Crippen LogP contribution < -0.4 is 10.1 Å². The molecule has 0 aliphatic carbocycles. The summed E-state index contributed by atoms with van der Waals surface area (Å²) >= 11 is 5.68. The number of rotatable bonds is 4. The number of carbonyl (C=O) groups is 1. The van der Waals surface area contributed by atoms with Gasteiger partial charge in [-0.1, -0.05) is 11.6 Å². The Bertz CT molecular complexity index is 434. The molecule has 1 aromatic rings. The summed E-state index contributed by atoms with van der Waals surface area (Å²) in [4.78, 5) is 19.2. The number of hydrogen-bond donors (Lipinski definition) is 1. The molecule has 0 saturated carbocycles. The fourth-order valence-electron chi connectivity index (χ4n) is 1.16. The smallest absolute Gasteiger partial charge is 0.407 e. The van der Waals surface area contributed by atoms with Crippen LogP contribution in [0.25, 0.3) is 0 Å². The standard InChI is InChI=1S/C12H18ClN3O3/c1-8(7-18-11(17)16-12(2,3)4)19-10-6-14-5-9(13)15-10/h5-6,8H,7H2,1-4H3,(H,16,17)/t8-/m0/s1. The topological polar surface area (TPSA) is 73.3 Å². The van der Waals surface area contributed by atoms with Gasteiger partial charge < -0.3 is 14.8 Å². The first kappa shape index (κ1) is 15.5. The lowest BCUT2D eigenvalue weighted by atomic mass is 10.1. The average Bonchev–Trinajstić information content (AvgIpc) is 2.24. The van der Waals surface area contributed by atoms with E-state index in [0.29, 0.717) is 5.88 Å². The van der Waals surface area contributed by atoms with Crippen molar-refractivity contribution in [2.75, 3.05) is 6.61 Å². The molecule has 0 saturated heterocycles. The van der Waals surface area contributed by atoms with Crippen LogP contribution in [0.1, 0.15) is 27.7 Å². The van der Waals surface area contributed by atoms with E-state index in [1.165, 1.54) is 12.4 Å². The zero-order chi connectivity index (χ0) is 14.5. The van der Waals surface area contributed by atoms with Crippen LogP contribution in [0.2, 0.25) is 5.15 Å². The van der Waals surface area contributed by atoms with Crippen LogP contribution in [-0.4, -0.2) is 34.3 Å². The van der Waals surface area contributed by atoms with Gasteiger partial charge in [0, 0.05) is 5.54 Å². The van der Waals surface area contributed by atoms with Gasteiger partial charge in [0.05, 0.1) is 12.4 Å². The largest absolute Gasteiger partial charge is 0.470 e. The molecule has 106 valence electrons. The maximum absolute atomic E-state index is 11.4. The molecule has 1 atom stereocenters. The number of nitrogens with zero attached hydrogens (tertiary/aromatic N) is 2. The van der Waals surface area contributed by atoms with Crippen molar-refractivity contribution in [2.45, 2.75) is 39.3 Å². The molecule has 1 heterocycles. The summed E-state index contributed by atoms with van der Waals surface area (Å²) in [6.07, 6.45) is 2.02. The van der Waals surface area contributed by atoms with E-state index in [-0.39, 0.29) is 23.4 Å². The van der Waals surface area contributed by atoms with Crippen LogP contribution >= 0.6 is 11.6 Å². The molecule has 0 spiro atoms. The van der Waals surface area contributed by atoms with Gasteiger partial charge in [-0.25, -0.2) is 4.79 Å². The lowest BCUT2D eigenvalue weighted by Gasteiger charge is -2.21. The van der Waals surface area contributed by atoms with Crippen molar-refractivity contribution >= 4 is 17.7 Å². The van der Waals surface area contributed by atoms with E-state index in [0.717, 1.165) is 0 Å². The molecule has 0 aliphatic rings. The molecule has 19 heavy (non-hydrogen) atoms. The lowest BCUT2D eigenvalue weighted by Crippen LogP contribution is -2.41. The van der Waals surface area contributed by atoms with E-state index >= 15 is 0 Å². The van der Waals surface area contributed by atoms with Crippen LogP contribution in [-0.2, 0) is 4.74 Å². The van der Waals surface area contributed by atoms with Crippen molar-refractivity contribution in [3.05, 3.63) is 17.5 Å². The number of ether oxygens (including phenoxy) is 2. The summed E-state index contributed by atoms with van der Waals surface area (Å²) < 4.78 is 10.4. The quantitative estimate of drug-likeness (QED) is 0.920. The van der Waals surface area contributed by atoms with Crippen LogP contribution in [0.3, 0.4) is 0 Å². The van der Waals surface area contributed by atoms with Crippen LogP contribution in [0.15, 0.2) is 12.4 Å². The van der Waals surface area contributed by atoms with Gasteiger partial charge in [-0.15, -0.1) is 0 Å². The molecule has 6 nitrogen and oxygen atoms in total. The molecule has 1 N–H and O–H groups in total. The zero-order valence-electron chi connectivity index (χ0n) is 11.4. The van der Waals surface area contributed by atoms with Gasteiger partial charge in [-0.2, -0.15) is 4.98 Å². The van der Waals surface area contributed by atoms with E-state index in [9.17, 15) is 4.79 Å². The van der Waals surface area contributed by atoms with E-state index in [1.807, 2.05) is 20.8 Å². The van der Waals surface area contributed by atoms with E-state index in [1.54, 1.807) is 6.92 Å². The third-order valence-corrected chi connectivity index (χ3v) is 2.01. The summed E-state index contributed by atoms with van der Waals surface area (Å²) in [5, 5.41) is 2.93. The van der Waals surface area contributed by atoms with E-state index in [4.69, 9.17) is 21.1 Å². The summed E-state index contributed by atoms with van der Waals surface area (Å²) in [6, 6.07) is 0. The fourth-order valence-corrected chi connectivity index (χ4v) is 1.30. The van der Waals surface area contributed by atoms with Crippen molar-refractivity contribution in [1.29, 1.82) is 0 Å². The van der Waals surface area contributed by atoms with Crippen molar-refractivity contribution in [1.82, 2.24) is 15.3 Å². The maximum Gasteiger partial charge on any atom is 0.407 e. The first-order valence-electron chi connectivity index (χ1n) is 5.85. The minimum atomic E-state index is -0.486. The molecule has 0 aromatic carbocycles. The molecule has 0 bridgehead atoms. The molecule has 0 unspecified atom stereocenters. The van der Waals surface area contributed by atoms with Crippen LogP contribution in [0.5, 0.6) is 5.88 Å². The molecule has 1 amide bonds. The Kier molecular flexibility index (Phi) is 5.35. The van der Waals surface area contributed by atoms with Gasteiger partial charge in [-0.05, 0) is 27.7 Å². The fraction of sp³-hybridized carbons (Fsp3) is 0.583. The number of halogens is 1. The van der Waals surface area contributed by atoms with Gasteiger partial charge in [0.2, 0.25) is 5.88 Å². The minimum Gasteiger partial charge on any atom is -0.470 e. The molecule has 1 aromatic heterocycles. The van der Waals surface area contributed by atoms with Gasteiger partial charge in [0.15, 0.2) is 5.15 Å². The highest BCUT2D eigenvalue weighted by Crippen LogP contribution is 2.11. The molecular formula is C12H18ClN3O3. The average molecular weight is 288 g/mol. The molecule has 1 rings (SSSR count).